The van der Waals surface area contributed by atoms with Crippen LogP contribution in [-0.2, 0) is 4.74 Å². The molecule has 9 nitrogen and oxygen atoms in total. The van der Waals surface area contributed by atoms with E-state index in [9.17, 15) is 15.0 Å². The van der Waals surface area contributed by atoms with E-state index in [2.05, 4.69) is 10.3 Å². The summed E-state index contributed by atoms with van der Waals surface area (Å²) in [6, 6.07) is 1.54. The van der Waals surface area contributed by atoms with E-state index in [-0.39, 0.29) is 0 Å². The van der Waals surface area contributed by atoms with Gasteiger partial charge in [0.2, 0.25) is 0 Å². The molecule has 4 atom stereocenters. The minimum absolute atomic E-state index is 0.360. The Morgan fingerprint density at radius 2 is 2.33 bits per heavy atom. The summed E-state index contributed by atoms with van der Waals surface area (Å²) in [6.45, 7) is 1.74. The molecule has 2 heterocycles. The summed E-state index contributed by atoms with van der Waals surface area (Å²) < 4.78 is 6.43. The van der Waals surface area contributed by atoms with Crippen molar-refractivity contribution in [2.75, 3.05) is 25.0 Å². The number of hydrogen-bond acceptors (Lipinski definition) is 8. The summed E-state index contributed by atoms with van der Waals surface area (Å²) >= 11 is 0. The summed E-state index contributed by atoms with van der Waals surface area (Å²) in [5, 5.41) is 32.2. The Balaban J connectivity index is 2.28. The molecule has 1 aliphatic heterocycles. The molecule has 9 heteroatoms. The lowest BCUT2D eigenvalue weighted by molar-refractivity contribution is -0.0986. The monoisotopic (exact) mass is 300 g/mol. The van der Waals surface area contributed by atoms with Crippen molar-refractivity contribution in [1.82, 2.24) is 9.55 Å². The van der Waals surface area contributed by atoms with Gasteiger partial charge in [-0.1, -0.05) is 0 Å². The van der Waals surface area contributed by atoms with Crippen LogP contribution in [0.25, 0.3) is 0 Å². The van der Waals surface area contributed by atoms with Gasteiger partial charge in [0.15, 0.2) is 6.23 Å². The maximum absolute atomic E-state index is 12.0. The van der Waals surface area contributed by atoms with Crippen molar-refractivity contribution in [3.8, 4) is 0 Å². The highest BCUT2D eigenvalue weighted by Crippen LogP contribution is 2.37. The summed E-state index contributed by atoms with van der Waals surface area (Å²) in [5.74, 6) is 0.360. The quantitative estimate of drug-likeness (QED) is 0.405. The fourth-order valence-electron chi connectivity index (χ4n) is 2.28. The number of hydrogen-bond donors (Lipinski definition) is 5. The van der Waals surface area contributed by atoms with Crippen LogP contribution >= 0.6 is 0 Å². The van der Waals surface area contributed by atoms with E-state index in [1.54, 1.807) is 0 Å². The third-order valence-corrected chi connectivity index (χ3v) is 3.47. The maximum atomic E-state index is 12.0. The number of nitrogens with zero attached hydrogens (tertiary/aromatic N) is 2. The Kier molecular flexibility index (Phi) is 4.59. The van der Waals surface area contributed by atoms with Crippen LogP contribution in [-0.4, -0.2) is 62.4 Å². The molecule has 1 fully saturated rings. The van der Waals surface area contributed by atoms with Crippen LogP contribution in [0.15, 0.2) is 17.1 Å². The number of aliphatic hydroxyl groups excluding tert-OH is 2. The van der Waals surface area contributed by atoms with E-state index in [0.717, 1.165) is 4.57 Å². The zero-order chi connectivity index (χ0) is 15.6. The first kappa shape index (κ1) is 15.9. The van der Waals surface area contributed by atoms with Gasteiger partial charge in [0, 0.05) is 19.3 Å². The molecule has 1 aliphatic rings. The van der Waals surface area contributed by atoms with Crippen LogP contribution in [0.2, 0.25) is 0 Å². The van der Waals surface area contributed by atoms with Gasteiger partial charge >= 0.3 is 5.69 Å². The molecule has 0 aliphatic carbocycles. The van der Waals surface area contributed by atoms with E-state index in [1.165, 1.54) is 19.2 Å². The Hall–Kier alpha value is -1.52. The largest absolute Gasteiger partial charge is 0.394 e. The number of ether oxygens (including phenoxy) is 1. The Morgan fingerprint density at radius 1 is 1.62 bits per heavy atom. The van der Waals surface area contributed by atoms with Gasteiger partial charge in [0.1, 0.15) is 23.6 Å². The Bertz CT molecular complexity index is 547. The standard InChI is InChI=1S/C12H20N4O5/c1-12(20)9(18)7(6-17)21-10(12)16-5-2-8(14-4-3-13)15-11(16)19/h2,5,7,9-10,17-18,20H,3-4,6,13H2,1H3,(H,14,15,19)/t7?,9?,10?,12-/m1/s1. The zero-order valence-corrected chi connectivity index (χ0v) is 11.6. The fraction of sp³-hybridized carbons (Fsp3) is 0.667. The van der Waals surface area contributed by atoms with Crippen LogP contribution in [0, 0.1) is 0 Å². The normalized spacial score (nSPS) is 32.3. The number of aromatic nitrogens is 2. The number of nitrogens with two attached hydrogens (primary N) is 1. The van der Waals surface area contributed by atoms with Crippen LogP contribution in [0.5, 0.6) is 0 Å². The lowest BCUT2D eigenvalue weighted by Gasteiger charge is -2.27. The molecule has 3 unspecified atom stereocenters. The first-order valence-electron chi connectivity index (χ1n) is 6.61. The summed E-state index contributed by atoms with van der Waals surface area (Å²) in [6.07, 6.45) is -2.01. The predicted molar refractivity (Wildman–Crippen MR) is 73.7 cm³/mol. The van der Waals surface area contributed by atoms with Crippen molar-refractivity contribution < 1.29 is 20.1 Å². The molecule has 0 amide bonds. The van der Waals surface area contributed by atoms with Crippen LogP contribution in [0.3, 0.4) is 0 Å². The highest BCUT2D eigenvalue weighted by atomic mass is 16.6. The van der Waals surface area contributed by atoms with Crippen molar-refractivity contribution in [3.05, 3.63) is 22.7 Å². The SMILES string of the molecule is C[C@@]1(O)C(O)C(CO)OC1n1ccc(NCCN)nc1=O. The molecule has 0 aromatic carbocycles. The van der Waals surface area contributed by atoms with E-state index >= 15 is 0 Å². The third kappa shape index (κ3) is 2.92. The van der Waals surface area contributed by atoms with Crippen LogP contribution < -0.4 is 16.7 Å². The van der Waals surface area contributed by atoms with Crippen LogP contribution in [0.1, 0.15) is 13.2 Å². The molecule has 1 aromatic rings. The third-order valence-electron chi connectivity index (χ3n) is 3.47. The molecule has 0 radical (unpaired) electrons. The fourth-order valence-corrected chi connectivity index (χ4v) is 2.28. The Labute approximate surface area is 121 Å². The molecule has 0 spiro atoms. The van der Waals surface area contributed by atoms with E-state index < -0.39 is 36.3 Å². The summed E-state index contributed by atoms with van der Waals surface area (Å²) in [5.41, 5.74) is 2.98. The topological polar surface area (TPSA) is 143 Å². The first-order chi connectivity index (χ1) is 9.91. The molecule has 1 saturated heterocycles. The van der Waals surface area contributed by atoms with Gasteiger partial charge in [0.05, 0.1) is 6.61 Å². The van der Waals surface area contributed by atoms with Crippen molar-refractivity contribution in [2.24, 2.45) is 5.73 Å². The lowest BCUT2D eigenvalue weighted by atomic mass is 9.96. The average Bonchev–Trinajstić information content (AvgIpc) is 2.68. The van der Waals surface area contributed by atoms with Gasteiger partial charge in [-0.3, -0.25) is 4.57 Å². The van der Waals surface area contributed by atoms with Gasteiger partial charge in [-0.15, -0.1) is 0 Å². The molecular weight excluding hydrogens is 280 g/mol. The number of rotatable bonds is 5. The first-order valence-corrected chi connectivity index (χ1v) is 6.61. The molecule has 1 aromatic heterocycles. The van der Waals surface area contributed by atoms with Gasteiger partial charge in [-0.25, -0.2) is 4.79 Å². The van der Waals surface area contributed by atoms with Crippen molar-refractivity contribution in [2.45, 2.75) is 31.0 Å². The van der Waals surface area contributed by atoms with E-state index in [0.29, 0.717) is 18.9 Å². The van der Waals surface area contributed by atoms with E-state index in [4.69, 9.17) is 15.6 Å². The smallest absolute Gasteiger partial charge is 0.351 e. The van der Waals surface area contributed by atoms with Crippen molar-refractivity contribution in [3.63, 3.8) is 0 Å². The predicted octanol–water partition coefficient (Wildman–Crippen LogP) is -2.38. The minimum atomic E-state index is -1.72. The maximum Gasteiger partial charge on any atom is 0.351 e. The molecule has 6 N–H and O–H groups in total. The van der Waals surface area contributed by atoms with Gasteiger partial charge < -0.3 is 31.1 Å². The highest BCUT2D eigenvalue weighted by Gasteiger charge is 2.53. The highest BCUT2D eigenvalue weighted by molar-refractivity contribution is 5.31. The van der Waals surface area contributed by atoms with Crippen LogP contribution in [0.4, 0.5) is 5.82 Å². The zero-order valence-electron chi connectivity index (χ0n) is 11.6. The second-order valence-corrected chi connectivity index (χ2v) is 5.10. The van der Waals surface area contributed by atoms with Gasteiger partial charge in [0.25, 0.3) is 0 Å². The Morgan fingerprint density at radius 3 is 2.86 bits per heavy atom. The molecule has 0 saturated carbocycles. The minimum Gasteiger partial charge on any atom is -0.394 e. The second-order valence-electron chi connectivity index (χ2n) is 5.10. The van der Waals surface area contributed by atoms with Crippen molar-refractivity contribution >= 4 is 5.82 Å². The molecule has 118 valence electrons. The number of aliphatic hydroxyl groups is 3. The molecule has 2 rings (SSSR count). The summed E-state index contributed by atoms with van der Waals surface area (Å²) in [7, 11) is 0. The molecule has 21 heavy (non-hydrogen) atoms. The van der Waals surface area contributed by atoms with Gasteiger partial charge in [-0.2, -0.15) is 4.98 Å². The second kappa shape index (κ2) is 6.08. The van der Waals surface area contributed by atoms with Crippen molar-refractivity contribution in [1.29, 1.82) is 0 Å². The van der Waals surface area contributed by atoms with E-state index in [1.807, 2.05) is 0 Å². The number of anilines is 1. The lowest BCUT2D eigenvalue weighted by Crippen LogP contribution is -2.46. The summed E-state index contributed by atoms with van der Waals surface area (Å²) in [4.78, 5) is 15.8. The molecular formula is C12H20N4O5. The average molecular weight is 300 g/mol. The molecule has 0 bridgehead atoms. The number of nitrogens with one attached hydrogen (secondary N) is 1. The van der Waals surface area contributed by atoms with Gasteiger partial charge in [-0.05, 0) is 13.0 Å².